The molecule has 104 valence electrons. The van der Waals surface area contributed by atoms with Gasteiger partial charge in [-0.05, 0) is 24.5 Å². The zero-order chi connectivity index (χ0) is 14.4. The Balaban J connectivity index is 2.78. The Hall–Kier alpha value is -1.69. The number of nitrogens with one attached hydrogen (secondary N) is 1. The van der Waals surface area contributed by atoms with Crippen molar-refractivity contribution in [2.75, 3.05) is 12.4 Å². The van der Waals surface area contributed by atoms with E-state index in [9.17, 15) is 4.79 Å². The van der Waals surface area contributed by atoms with Crippen LogP contribution in [0.2, 0.25) is 0 Å². The molecule has 0 amide bonds. The number of thiocarbonyl (C=S) groups is 1. The maximum Gasteiger partial charge on any atom is 0.328 e. The minimum atomic E-state index is -0.409. The first-order valence-electron chi connectivity index (χ1n) is 6.04. The van der Waals surface area contributed by atoms with Gasteiger partial charge >= 0.3 is 5.97 Å². The Morgan fingerprint density at radius 2 is 2.21 bits per heavy atom. The summed E-state index contributed by atoms with van der Waals surface area (Å²) in [6.45, 7) is 4.09. The van der Waals surface area contributed by atoms with Crippen LogP contribution in [0, 0.1) is 5.92 Å². The molecule has 0 saturated heterocycles. The van der Waals surface area contributed by atoms with Crippen LogP contribution >= 0.6 is 12.2 Å². The van der Waals surface area contributed by atoms with Crippen LogP contribution in [0.3, 0.4) is 0 Å². The monoisotopic (exact) mass is 281 g/mol. The highest BCUT2D eigenvalue weighted by atomic mass is 32.1. The van der Waals surface area contributed by atoms with Gasteiger partial charge < -0.3 is 15.8 Å². The number of hydrogen-bond acceptors (Lipinski definition) is 5. The van der Waals surface area contributed by atoms with Gasteiger partial charge in [0.1, 0.15) is 16.8 Å². The summed E-state index contributed by atoms with van der Waals surface area (Å²) in [4.78, 5) is 16.1. The second-order valence-corrected chi connectivity index (χ2v) is 5.09. The molecule has 0 saturated carbocycles. The number of anilines is 1. The molecule has 1 aromatic rings. The lowest BCUT2D eigenvalue weighted by Gasteiger charge is -2.18. The Kier molecular flexibility index (Phi) is 5.69. The van der Waals surface area contributed by atoms with Gasteiger partial charge in [0.15, 0.2) is 0 Å². The quantitative estimate of drug-likeness (QED) is 0.610. The molecule has 0 bridgehead atoms. The molecule has 1 unspecified atom stereocenters. The summed E-state index contributed by atoms with van der Waals surface area (Å²) in [5, 5.41) is 3.06. The lowest BCUT2D eigenvalue weighted by molar-refractivity contribution is -0.141. The number of nitrogens with zero attached hydrogens (tertiary/aromatic N) is 1. The van der Waals surface area contributed by atoms with E-state index in [1.807, 2.05) is 13.8 Å². The smallest absolute Gasteiger partial charge is 0.328 e. The van der Waals surface area contributed by atoms with Gasteiger partial charge in [-0.25, -0.2) is 9.78 Å². The Labute approximate surface area is 118 Å². The molecule has 0 aliphatic rings. The maximum atomic E-state index is 11.7. The van der Waals surface area contributed by atoms with Crippen molar-refractivity contribution in [2.45, 2.75) is 26.3 Å². The predicted molar refractivity (Wildman–Crippen MR) is 79.0 cm³/mol. The zero-order valence-electron chi connectivity index (χ0n) is 11.3. The lowest BCUT2D eigenvalue weighted by atomic mass is 10.0. The van der Waals surface area contributed by atoms with Gasteiger partial charge in [-0.3, -0.25) is 0 Å². The Morgan fingerprint density at radius 1 is 1.53 bits per heavy atom. The van der Waals surface area contributed by atoms with Gasteiger partial charge in [0.05, 0.1) is 7.11 Å². The van der Waals surface area contributed by atoms with E-state index in [2.05, 4.69) is 10.3 Å². The van der Waals surface area contributed by atoms with E-state index in [-0.39, 0.29) is 5.97 Å². The summed E-state index contributed by atoms with van der Waals surface area (Å²) in [6, 6.07) is 3.10. The molecular formula is C13H19N3O2S. The standard InChI is InChI=1S/C13H19N3O2S/c1-8(2)6-10(13(17)18-3)16-11-5-4-9(7-15-11)12(14)19/h4-5,7-8,10H,6H2,1-3H3,(H2,14,19)(H,15,16). The number of methoxy groups -OCH3 is 1. The molecule has 3 N–H and O–H groups in total. The summed E-state index contributed by atoms with van der Waals surface area (Å²) in [6.07, 6.45) is 2.25. The van der Waals surface area contributed by atoms with Crippen molar-refractivity contribution < 1.29 is 9.53 Å². The topological polar surface area (TPSA) is 77.2 Å². The molecule has 1 atom stereocenters. The molecule has 0 spiro atoms. The number of ether oxygens (including phenoxy) is 1. The fraction of sp³-hybridized carbons (Fsp3) is 0.462. The van der Waals surface area contributed by atoms with Gasteiger partial charge in [-0.15, -0.1) is 0 Å². The van der Waals surface area contributed by atoms with E-state index >= 15 is 0 Å². The van der Waals surface area contributed by atoms with Crippen molar-refractivity contribution in [3.63, 3.8) is 0 Å². The van der Waals surface area contributed by atoms with E-state index in [1.54, 1.807) is 18.3 Å². The van der Waals surface area contributed by atoms with Crippen molar-refractivity contribution in [3.05, 3.63) is 23.9 Å². The van der Waals surface area contributed by atoms with Crippen molar-refractivity contribution in [2.24, 2.45) is 11.7 Å². The van der Waals surface area contributed by atoms with Crippen LogP contribution in [0.4, 0.5) is 5.82 Å². The second kappa shape index (κ2) is 7.04. The van der Waals surface area contributed by atoms with Crippen LogP contribution in [0.1, 0.15) is 25.8 Å². The highest BCUT2D eigenvalue weighted by molar-refractivity contribution is 7.80. The number of esters is 1. The zero-order valence-corrected chi connectivity index (χ0v) is 12.2. The number of rotatable bonds is 6. The van der Waals surface area contributed by atoms with Crippen molar-refractivity contribution >= 4 is 29.0 Å². The second-order valence-electron chi connectivity index (χ2n) is 4.65. The van der Waals surface area contributed by atoms with Crippen LogP contribution in [0.5, 0.6) is 0 Å². The average Bonchev–Trinajstić information content (AvgIpc) is 2.37. The predicted octanol–water partition coefficient (Wildman–Crippen LogP) is 1.72. The third kappa shape index (κ3) is 4.82. The number of aromatic nitrogens is 1. The highest BCUT2D eigenvalue weighted by Gasteiger charge is 2.20. The normalized spacial score (nSPS) is 12.0. The lowest BCUT2D eigenvalue weighted by Crippen LogP contribution is -2.32. The summed E-state index contributed by atoms with van der Waals surface area (Å²) < 4.78 is 4.78. The molecule has 19 heavy (non-hydrogen) atoms. The number of nitrogens with two attached hydrogens (primary N) is 1. The van der Waals surface area contributed by atoms with Crippen molar-refractivity contribution in [3.8, 4) is 0 Å². The first-order chi connectivity index (χ1) is 8.93. The van der Waals surface area contributed by atoms with Crippen LogP contribution in [0.15, 0.2) is 18.3 Å². The fourth-order valence-corrected chi connectivity index (χ4v) is 1.75. The van der Waals surface area contributed by atoms with E-state index in [0.29, 0.717) is 28.7 Å². The van der Waals surface area contributed by atoms with E-state index in [4.69, 9.17) is 22.7 Å². The molecule has 5 nitrogen and oxygen atoms in total. The molecule has 0 radical (unpaired) electrons. The van der Waals surface area contributed by atoms with Crippen LogP contribution in [-0.2, 0) is 9.53 Å². The first-order valence-corrected chi connectivity index (χ1v) is 6.45. The summed E-state index contributed by atoms with van der Waals surface area (Å²) >= 11 is 4.85. The average molecular weight is 281 g/mol. The molecular weight excluding hydrogens is 262 g/mol. The van der Waals surface area contributed by atoms with E-state index < -0.39 is 6.04 Å². The molecule has 0 aliphatic heterocycles. The molecule has 0 aromatic carbocycles. The summed E-state index contributed by atoms with van der Waals surface area (Å²) in [7, 11) is 1.38. The molecule has 6 heteroatoms. The van der Waals surface area contributed by atoms with Gasteiger partial charge in [-0.1, -0.05) is 26.1 Å². The molecule has 1 rings (SSSR count). The van der Waals surface area contributed by atoms with E-state index in [0.717, 1.165) is 0 Å². The third-order valence-electron chi connectivity index (χ3n) is 2.56. The summed E-state index contributed by atoms with van der Waals surface area (Å²) in [5.41, 5.74) is 6.19. The van der Waals surface area contributed by atoms with Crippen LogP contribution < -0.4 is 11.1 Å². The minimum Gasteiger partial charge on any atom is -0.467 e. The van der Waals surface area contributed by atoms with Crippen molar-refractivity contribution in [1.29, 1.82) is 0 Å². The SMILES string of the molecule is COC(=O)C(CC(C)C)Nc1ccc(C(N)=S)cn1. The van der Waals surface area contributed by atoms with E-state index in [1.165, 1.54) is 7.11 Å². The third-order valence-corrected chi connectivity index (χ3v) is 2.80. The Bertz CT molecular complexity index is 446. The largest absolute Gasteiger partial charge is 0.467 e. The van der Waals surface area contributed by atoms with Crippen LogP contribution in [0.25, 0.3) is 0 Å². The number of pyridine rings is 1. The fourth-order valence-electron chi connectivity index (χ4n) is 1.63. The van der Waals surface area contributed by atoms with Gasteiger partial charge in [0.2, 0.25) is 0 Å². The Morgan fingerprint density at radius 3 is 2.63 bits per heavy atom. The summed E-state index contributed by atoms with van der Waals surface area (Å²) in [5.74, 6) is 0.664. The number of carbonyl (C=O) groups is 1. The van der Waals surface area contributed by atoms with Crippen molar-refractivity contribution in [1.82, 2.24) is 4.98 Å². The van der Waals surface area contributed by atoms with Gasteiger partial charge in [0.25, 0.3) is 0 Å². The molecule has 0 fully saturated rings. The minimum absolute atomic E-state index is 0.297. The molecule has 1 aromatic heterocycles. The molecule has 0 aliphatic carbocycles. The first kappa shape index (κ1) is 15.4. The highest BCUT2D eigenvalue weighted by Crippen LogP contribution is 2.13. The van der Waals surface area contributed by atoms with Gasteiger partial charge in [-0.2, -0.15) is 0 Å². The number of carbonyl (C=O) groups excluding carboxylic acids is 1. The maximum absolute atomic E-state index is 11.7. The number of hydrogen-bond donors (Lipinski definition) is 2. The molecule has 1 heterocycles. The van der Waals surface area contributed by atoms with Crippen LogP contribution in [-0.4, -0.2) is 29.1 Å². The van der Waals surface area contributed by atoms with Gasteiger partial charge in [0, 0.05) is 11.8 Å².